The molecule has 1 aromatic heterocycles. The number of aryl methyl sites for hydroxylation is 1. The number of non-ortho nitro benzene ring substituents is 1. The number of carbonyl (C=O) groups is 1. The van der Waals surface area contributed by atoms with Crippen molar-refractivity contribution in [2.75, 3.05) is 5.32 Å². The molecule has 2 aromatic carbocycles. The van der Waals surface area contributed by atoms with E-state index in [1.165, 1.54) is 23.5 Å². The quantitative estimate of drug-likeness (QED) is 0.541. The molecule has 3 rings (SSSR count). The van der Waals surface area contributed by atoms with Gasteiger partial charge < -0.3 is 0 Å². The summed E-state index contributed by atoms with van der Waals surface area (Å²) in [5.41, 5.74) is 1.80. The van der Waals surface area contributed by atoms with Gasteiger partial charge in [-0.1, -0.05) is 52.8 Å². The first kappa shape index (κ1) is 17.0. The summed E-state index contributed by atoms with van der Waals surface area (Å²) < 4.78 is 0. The number of amides is 1. The number of nitro groups is 1. The molecule has 0 aliphatic carbocycles. The fourth-order valence-corrected chi connectivity index (χ4v) is 3.00. The van der Waals surface area contributed by atoms with Crippen LogP contribution in [0.1, 0.15) is 15.9 Å². The van der Waals surface area contributed by atoms with E-state index in [1.54, 1.807) is 0 Å². The number of aromatic nitrogens is 2. The minimum Gasteiger partial charge on any atom is -0.296 e. The van der Waals surface area contributed by atoms with Gasteiger partial charge in [-0.3, -0.25) is 20.2 Å². The Morgan fingerprint density at radius 1 is 1.20 bits per heavy atom. The number of anilines is 1. The summed E-state index contributed by atoms with van der Waals surface area (Å²) >= 11 is 7.16. The average Bonchev–Trinajstić information content (AvgIpc) is 3.04. The zero-order valence-corrected chi connectivity index (χ0v) is 14.5. The van der Waals surface area contributed by atoms with Gasteiger partial charge in [0.15, 0.2) is 0 Å². The third-order valence-corrected chi connectivity index (χ3v) is 4.57. The van der Waals surface area contributed by atoms with Gasteiger partial charge in [-0.25, -0.2) is 0 Å². The normalized spacial score (nSPS) is 10.5. The predicted octanol–water partition coefficient (Wildman–Crippen LogP) is 4.33. The van der Waals surface area contributed by atoms with Gasteiger partial charge >= 0.3 is 0 Å². The summed E-state index contributed by atoms with van der Waals surface area (Å²) in [6.07, 6.45) is 0. The van der Waals surface area contributed by atoms with Crippen molar-refractivity contribution in [2.45, 2.75) is 6.92 Å². The Morgan fingerprint density at radius 3 is 2.60 bits per heavy atom. The lowest BCUT2D eigenvalue weighted by Gasteiger charge is -2.03. The highest BCUT2D eigenvalue weighted by Gasteiger charge is 2.17. The Hall–Kier alpha value is -2.84. The van der Waals surface area contributed by atoms with E-state index in [-0.39, 0.29) is 21.4 Å². The minimum absolute atomic E-state index is 0.00273. The number of nitrogens with one attached hydrogen (secondary N) is 1. The first-order valence-electron chi connectivity index (χ1n) is 7.10. The predicted molar refractivity (Wildman–Crippen MR) is 96.1 cm³/mol. The average molecular weight is 375 g/mol. The van der Waals surface area contributed by atoms with E-state index >= 15 is 0 Å². The number of hydrogen-bond donors (Lipinski definition) is 1. The van der Waals surface area contributed by atoms with Crippen LogP contribution < -0.4 is 5.32 Å². The molecule has 0 saturated heterocycles. The number of halogens is 1. The lowest BCUT2D eigenvalue weighted by Crippen LogP contribution is -2.12. The van der Waals surface area contributed by atoms with Crippen molar-refractivity contribution in [3.8, 4) is 10.6 Å². The van der Waals surface area contributed by atoms with Crippen LogP contribution in [0.4, 0.5) is 10.8 Å². The van der Waals surface area contributed by atoms with Gasteiger partial charge in [-0.15, -0.1) is 10.2 Å². The van der Waals surface area contributed by atoms with Crippen molar-refractivity contribution in [3.63, 3.8) is 0 Å². The molecule has 9 heteroatoms. The van der Waals surface area contributed by atoms with E-state index in [0.29, 0.717) is 5.01 Å². The van der Waals surface area contributed by atoms with Gasteiger partial charge in [-0.05, 0) is 13.0 Å². The Morgan fingerprint density at radius 2 is 1.92 bits per heavy atom. The highest BCUT2D eigenvalue weighted by molar-refractivity contribution is 7.18. The van der Waals surface area contributed by atoms with Crippen molar-refractivity contribution < 1.29 is 9.72 Å². The number of rotatable bonds is 4. The largest absolute Gasteiger partial charge is 0.296 e. The van der Waals surface area contributed by atoms with E-state index in [2.05, 4.69) is 15.5 Å². The molecule has 0 atom stereocenters. The first-order valence-corrected chi connectivity index (χ1v) is 8.29. The molecule has 0 saturated carbocycles. The van der Waals surface area contributed by atoms with Crippen LogP contribution in [0, 0.1) is 17.0 Å². The topological polar surface area (TPSA) is 98.0 Å². The van der Waals surface area contributed by atoms with Crippen LogP contribution in [0.3, 0.4) is 0 Å². The molecule has 0 spiro atoms. The zero-order chi connectivity index (χ0) is 18.0. The van der Waals surface area contributed by atoms with Crippen molar-refractivity contribution in [2.24, 2.45) is 0 Å². The molecule has 0 fully saturated rings. The third-order valence-electron chi connectivity index (χ3n) is 3.35. The smallest absolute Gasteiger partial charge is 0.270 e. The molecular weight excluding hydrogens is 364 g/mol. The number of nitro benzene ring substituents is 1. The van der Waals surface area contributed by atoms with E-state index < -0.39 is 10.8 Å². The van der Waals surface area contributed by atoms with Gasteiger partial charge in [0.05, 0.1) is 15.5 Å². The first-order chi connectivity index (χ1) is 11.9. The lowest BCUT2D eigenvalue weighted by atomic mass is 10.2. The molecule has 1 heterocycles. The molecule has 126 valence electrons. The molecule has 0 unspecified atom stereocenters. The molecule has 7 nitrogen and oxygen atoms in total. The van der Waals surface area contributed by atoms with Gasteiger partial charge in [0.2, 0.25) is 5.13 Å². The van der Waals surface area contributed by atoms with Crippen molar-refractivity contribution in [1.82, 2.24) is 10.2 Å². The summed E-state index contributed by atoms with van der Waals surface area (Å²) in [4.78, 5) is 22.6. The second-order valence-electron chi connectivity index (χ2n) is 5.15. The van der Waals surface area contributed by atoms with Gasteiger partial charge in [-0.2, -0.15) is 0 Å². The Kier molecular flexibility index (Phi) is 4.73. The Labute approximate surface area is 151 Å². The van der Waals surface area contributed by atoms with Crippen LogP contribution in [0.2, 0.25) is 5.02 Å². The third kappa shape index (κ3) is 3.81. The van der Waals surface area contributed by atoms with Gasteiger partial charge in [0.1, 0.15) is 5.01 Å². The molecule has 1 amide bonds. The fourth-order valence-electron chi connectivity index (χ4n) is 2.05. The summed E-state index contributed by atoms with van der Waals surface area (Å²) in [7, 11) is 0. The van der Waals surface area contributed by atoms with Crippen molar-refractivity contribution >= 4 is 39.7 Å². The summed E-state index contributed by atoms with van der Waals surface area (Å²) in [6, 6.07) is 11.4. The van der Waals surface area contributed by atoms with E-state index in [0.717, 1.165) is 17.2 Å². The molecule has 0 aliphatic heterocycles. The SMILES string of the molecule is Cc1ccc(-c2nnc(NC(=O)c3cc([N+](=O)[O-])ccc3Cl)s2)cc1. The maximum atomic E-state index is 12.3. The second kappa shape index (κ2) is 6.96. The highest BCUT2D eigenvalue weighted by atomic mass is 35.5. The maximum absolute atomic E-state index is 12.3. The fraction of sp³-hybridized carbons (Fsp3) is 0.0625. The van der Waals surface area contributed by atoms with Crippen LogP contribution in [0.5, 0.6) is 0 Å². The van der Waals surface area contributed by atoms with Crippen LogP contribution in [-0.4, -0.2) is 21.0 Å². The van der Waals surface area contributed by atoms with E-state index in [9.17, 15) is 14.9 Å². The standard InChI is InChI=1S/C16H11ClN4O3S/c1-9-2-4-10(5-3-9)15-19-20-16(25-15)18-14(22)12-8-11(21(23)24)6-7-13(12)17/h2-8H,1H3,(H,18,20,22). The van der Waals surface area contributed by atoms with Crippen molar-refractivity contribution in [1.29, 1.82) is 0 Å². The molecule has 0 radical (unpaired) electrons. The maximum Gasteiger partial charge on any atom is 0.270 e. The zero-order valence-electron chi connectivity index (χ0n) is 12.9. The summed E-state index contributed by atoms with van der Waals surface area (Å²) in [5.74, 6) is -0.583. The molecule has 0 bridgehead atoms. The summed E-state index contributed by atoms with van der Waals surface area (Å²) in [5, 5.41) is 22.4. The molecule has 1 N–H and O–H groups in total. The Bertz CT molecular complexity index is 956. The molecule has 0 aliphatic rings. The number of benzene rings is 2. The number of carbonyl (C=O) groups excluding carboxylic acids is 1. The Balaban J connectivity index is 1.81. The van der Waals surface area contributed by atoms with E-state index in [4.69, 9.17) is 11.6 Å². The molecule has 3 aromatic rings. The van der Waals surface area contributed by atoms with E-state index in [1.807, 2.05) is 31.2 Å². The number of hydrogen-bond acceptors (Lipinski definition) is 6. The van der Waals surface area contributed by atoms with Crippen LogP contribution in [0.15, 0.2) is 42.5 Å². The monoisotopic (exact) mass is 374 g/mol. The van der Waals surface area contributed by atoms with Crippen molar-refractivity contribution in [3.05, 3.63) is 68.7 Å². The van der Waals surface area contributed by atoms with Gasteiger partial charge in [0.25, 0.3) is 11.6 Å². The minimum atomic E-state index is -0.590. The highest BCUT2D eigenvalue weighted by Crippen LogP contribution is 2.28. The molecule has 25 heavy (non-hydrogen) atoms. The lowest BCUT2D eigenvalue weighted by molar-refractivity contribution is -0.384. The number of nitrogens with zero attached hydrogens (tertiary/aromatic N) is 3. The second-order valence-corrected chi connectivity index (χ2v) is 6.54. The molecular formula is C16H11ClN4O3S. The van der Waals surface area contributed by atoms with Gasteiger partial charge in [0, 0.05) is 17.7 Å². The summed E-state index contributed by atoms with van der Waals surface area (Å²) in [6.45, 7) is 1.98. The van der Waals surface area contributed by atoms with Crippen LogP contribution in [-0.2, 0) is 0 Å². The van der Waals surface area contributed by atoms with Crippen LogP contribution in [0.25, 0.3) is 10.6 Å². The van der Waals surface area contributed by atoms with Crippen LogP contribution >= 0.6 is 22.9 Å².